The summed E-state index contributed by atoms with van der Waals surface area (Å²) in [5.41, 5.74) is 2.73. The molecule has 0 aliphatic carbocycles. The number of benzene rings is 2. The number of aromatic nitrogens is 3. The van der Waals surface area contributed by atoms with Crippen LogP contribution in [0.1, 0.15) is 10.4 Å². The van der Waals surface area contributed by atoms with Gasteiger partial charge in [0.1, 0.15) is 5.01 Å². The summed E-state index contributed by atoms with van der Waals surface area (Å²) in [6.07, 6.45) is 1.86. The molecular formula is C17H11N3O2S. The second-order valence-corrected chi connectivity index (χ2v) is 5.93. The minimum Gasteiger partial charge on any atom is -0.478 e. The first-order chi connectivity index (χ1) is 11.2. The molecule has 1 N–H and O–H groups in total. The molecule has 0 bridgehead atoms. The molecule has 0 saturated heterocycles. The molecule has 2 aromatic heterocycles. The monoisotopic (exact) mass is 321 g/mol. The van der Waals surface area contributed by atoms with Crippen molar-refractivity contribution in [1.29, 1.82) is 0 Å². The molecule has 0 aliphatic rings. The minimum atomic E-state index is -0.960. The molecule has 2 aromatic carbocycles. The van der Waals surface area contributed by atoms with Crippen LogP contribution in [0.25, 0.3) is 26.8 Å². The number of rotatable bonds is 3. The molecule has 0 unspecified atom stereocenters. The van der Waals surface area contributed by atoms with Gasteiger partial charge in [-0.25, -0.2) is 14.3 Å². The van der Waals surface area contributed by atoms with Crippen LogP contribution in [0.15, 0.2) is 60.8 Å². The highest BCUT2D eigenvalue weighted by Gasteiger charge is 2.16. The standard InChI is InChI=1S/C17H11N3O2S/c21-16(22)13-9-5-4-8-12(13)15-19-20-10-14(18-17(20)23-15)11-6-2-1-3-7-11/h1-10H,(H,21,22). The lowest BCUT2D eigenvalue weighted by atomic mass is 10.1. The lowest BCUT2D eigenvalue weighted by Crippen LogP contribution is -1.99. The SMILES string of the molecule is O=C(O)c1ccccc1-c1nn2cc(-c3ccccc3)nc2s1. The number of aromatic carboxylic acids is 1. The summed E-state index contributed by atoms with van der Waals surface area (Å²) in [4.78, 5) is 16.7. The van der Waals surface area contributed by atoms with Crippen molar-refractivity contribution in [1.82, 2.24) is 14.6 Å². The third-order valence-electron chi connectivity index (χ3n) is 3.50. The number of imidazole rings is 1. The van der Waals surface area contributed by atoms with Crippen LogP contribution in [-0.4, -0.2) is 25.7 Å². The maximum absolute atomic E-state index is 11.3. The van der Waals surface area contributed by atoms with Crippen molar-refractivity contribution in [3.05, 3.63) is 66.4 Å². The normalized spacial score (nSPS) is 11.0. The number of carbonyl (C=O) groups is 1. The molecule has 0 spiro atoms. The summed E-state index contributed by atoms with van der Waals surface area (Å²) < 4.78 is 1.70. The second-order valence-electron chi connectivity index (χ2n) is 4.98. The molecule has 0 atom stereocenters. The van der Waals surface area contributed by atoms with E-state index in [1.165, 1.54) is 11.3 Å². The summed E-state index contributed by atoms with van der Waals surface area (Å²) in [7, 11) is 0. The predicted octanol–water partition coefficient (Wildman–Crippen LogP) is 3.82. The quantitative estimate of drug-likeness (QED) is 0.623. The fourth-order valence-corrected chi connectivity index (χ4v) is 3.33. The van der Waals surface area contributed by atoms with E-state index in [-0.39, 0.29) is 5.56 Å². The lowest BCUT2D eigenvalue weighted by Gasteiger charge is -2.00. The fourth-order valence-electron chi connectivity index (χ4n) is 2.41. The molecule has 5 nitrogen and oxygen atoms in total. The summed E-state index contributed by atoms with van der Waals surface area (Å²) in [5.74, 6) is -0.960. The Labute approximate surface area is 135 Å². The van der Waals surface area contributed by atoms with Gasteiger partial charge in [0, 0.05) is 11.1 Å². The zero-order chi connectivity index (χ0) is 15.8. The van der Waals surface area contributed by atoms with E-state index in [1.54, 1.807) is 28.8 Å². The van der Waals surface area contributed by atoms with E-state index >= 15 is 0 Å². The Balaban J connectivity index is 1.80. The highest BCUT2D eigenvalue weighted by Crippen LogP contribution is 2.30. The van der Waals surface area contributed by atoms with Gasteiger partial charge in [-0.2, -0.15) is 5.10 Å². The van der Waals surface area contributed by atoms with E-state index in [9.17, 15) is 9.90 Å². The molecule has 0 saturated carbocycles. The van der Waals surface area contributed by atoms with Crippen molar-refractivity contribution in [2.24, 2.45) is 0 Å². The summed E-state index contributed by atoms with van der Waals surface area (Å²) in [6, 6.07) is 16.7. The van der Waals surface area contributed by atoms with Gasteiger partial charge in [-0.05, 0) is 6.07 Å². The third kappa shape index (κ3) is 2.39. The van der Waals surface area contributed by atoms with E-state index in [0.29, 0.717) is 10.6 Å². The van der Waals surface area contributed by atoms with Gasteiger partial charge in [-0.3, -0.25) is 0 Å². The molecule has 0 amide bonds. The van der Waals surface area contributed by atoms with Gasteiger partial charge in [-0.15, -0.1) is 0 Å². The maximum atomic E-state index is 11.3. The second kappa shape index (κ2) is 5.33. The largest absolute Gasteiger partial charge is 0.478 e. The maximum Gasteiger partial charge on any atom is 0.336 e. The number of nitrogens with zero attached hydrogens (tertiary/aromatic N) is 3. The van der Waals surface area contributed by atoms with E-state index < -0.39 is 5.97 Å². The molecule has 4 aromatic rings. The molecule has 0 fully saturated rings. The van der Waals surface area contributed by atoms with Crippen LogP contribution in [0.5, 0.6) is 0 Å². The van der Waals surface area contributed by atoms with E-state index in [2.05, 4.69) is 10.1 Å². The zero-order valence-electron chi connectivity index (χ0n) is 11.9. The Morgan fingerprint density at radius 1 is 1.04 bits per heavy atom. The number of carboxylic acids is 1. The Kier molecular flexibility index (Phi) is 3.17. The van der Waals surface area contributed by atoms with Gasteiger partial charge in [0.15, 0.2) is 0 Å². The van der Waals surface area contributed by atoms with Crippen LogP contribution in [0.3, 0.4) is 0 Å². The van der Waals surface area contributed by atoms with Crippen molar-refractivity contribution in [2.75, 3.05) is 0 Å². The van der Waals surface area contributed by atoms with Crippen molar-refractivity contribution < 1.29 is 9.90 Å². The first-order valence-corrected chi connectivity index (χ1v) is 7.78. The Morgan fingerprint density at radius 3 is 2.52 bits per heavy atom. The van der Waals surface area contributed by atoms with E-state index in [4.69, 9.17) is 0 Å². The summed E-state index contributed by atoms with van der Waals surface area (Å²) in [5, 5.41) is 14.4. The molecule has 0 radical (unpaired) electrons. The van der Waals surface area contributed by atoms with Crippen molar-refractivity contribution >= 4 is 22.3 Å². The van der Waals surface area contributed by atoms with Crippen LogP contribution >= 0.6 is 11.3 Å². The van der Waals surface area contributed by atoms with Crippen LogP contribution in [0.2, 0.25) is 0 Å². The lowest BCUT2D eigenvalue weighted by molar-refractivity contribution is 0.0697. The molecule has 2 heterocycles. The van der Waals surface area contributed by atoms with Crippen LogP contribution < -0.4 is 0 Å². The van der Waals surface area contributed by atoms with Gasteiger partial charge >= 0.3 is 5.97 Å². The number of hydrogen-bond donors (Lipinski definition) is 1. The van der Waals surface area contributed by atoms with Gasteiger partial charge in [0.25, 0.3) is 0 Å². The minimum absolute atomic E-state index is 0.243. The zero-order valence-corrected chi connectivity index (χ0v) is 12.7. The van der Waals surface area contributed by atoms with Crippen LogP contribution in [0.4, 0.5) is 0 Å². The molecule has 23 heavy (non-hydrogen) atoms. The Hall–Kier alpha value is -2.99. The van der Waals surface area contributed by atoms with Crippen molar-refractivity contribution in [2.45, 2.75) is 0 Å². The number of carboxylic acid groups (broad SMARTS) is 1. The summed E-state index contributed by atoms with van der Waals surface area (Å²) in [6.45, 7) is 0. The van der Waals surface area contributed by atoms with Crippen LogP contribution in [0, 0.1) is 0 Å². The average Bonchev–Trinajstić information content (AvgIpc) is 3.14. The van der Waals surface area contributed by atoms with E-state index in [0.717, 1.165) is 16.2 Å². The third-order valence-corrected chi connectivity index (χ3v) is 4.46. The van der Waals surface area contributed by atoms with Gasteiger partial charge < -0.3 is 5.11 Å². The highest BCUT2D eigenvalue weighted by molar-refractivity contribution is 7.19. The Bertz CT molecular complexity index is 974. The first kappa shape index (κ1) is 13.7. The molecular weight excluding hydrogens is 310 g/mol. The topological polar surface area (TPSA) is 67.5 Å². The van der Waals surface area contributed by atoms with Gasteiger partial charge in [0.2, 0.25) is 4.96 Å². The number of hydrogen-bond acceptors (Lipinski definition) is 4. The van der Waals surface area contributed by atoms with Gasteiger partial charge in [0.05, 0.1) is 17.5 Å². The molecule has 112 valence electrons. The smallest absolute Gasteiger partial charge is 0.336 e. The molecule has 4 rings (SSSR count). The number of fused-ring (bicyclic) bond motifs is 1. The average molecular weight is 321 g/mol. The Morgan fingerprint density at radius 2 is 1.78 bits per heavy atom. The predicted molar refractivity (Wildman–Crippen MR) is 88.7 cm³/mol. The van der Waals surface area contributed by atoms with Gasteiger partial charge in [-0.1, -0.05) is 59.9 Å². The molecule has 6 heteroatoms. The highest BCUT2D eigenvalue weighted by atomic mass is 32.1. The van der Waals surface area contributed by atoms with Crippen LogP contribution in [-0.2, 0) is 0 Å². The first-order valence-electron chi connectivity index (χ1n) is 6.97. The summed E-state index contributed by atoms with van der Waals surface area (Å²) >= 11 is 1.37. The van der Waals surface area contributed by atoms with E-state index in [1.807, 2.05) is 36.5 Å². The molecule has 0 aliphatic heterocycles. The van der Waals surface area contributed by atoms with Crippen molar-refractivity contribution in [3.8, 4) is 21.8 Å². The fraction of sp³-hybridized carbons (Fsp3) is 0. The van der Waals surface area contributed by atoms with Crippen molar-refractivity contribution in [3.63, 3.8) is 0 Å².